The molecular formula is C28H19NO6. The molecule has 1 heterocycles. The second-order valence-corrected chi connectivity index (χ2v) is 8.20. The molecule has 3 aromatic rings. The maximum absolute atomic E-state index is 12.9. The number of Topliss-reactive ketones (excluding diaryl/α,β-unsaturated/α-hetero) is 2. The normalized spacial score (nSPS) is 15.2. The van der Waals surface area contributed by atoms with Gasteiger partial charge >= 0.3 is 5.97 Å². The van der Waals surface area contributed by atoms with E-state index in [0.717, 1.165) is 4.90 Å². The Morgan fingerprint density at radius 3 is 1.74 bits per heavy atom. The van der Waals surface area contributed by atoms with Crippen LogP contribution in [0.4, 0.5) is 0 Å². The van der Waals surface area contributed by atoms with E-state index in [-0.39, 0.29) is 40.4 Å². The number of ketones is 2. The van der Waals surface area contributed by atoms with E-state index in [1.807, 2.05) is 0 Å². The first kappa shape index (κ1) is 22.2. The monoisotopic (exact) mass is 465 g/mol. The summed E-state index contributed by atoms with van der Waals surface area (Å²) < 4.78 is 5.45. The molecule has 3 aromatic carbocycles. The van der Waals surface area contributed by atoms with Crippen LogP contribution < -0.4 is 4.74 Å². The Kier molecular flexibility index (Phi) is 5.45. The van der Waals surface area contributed by atoms with Crippen molar-refractivity contribution in [2.45, 2.75) is 19.4 Å². The topological polar surface area (TPSA) is 97.8 Å². The number of allylic oxidation sites excluding steroid dienone is 1. The summed E-state index contributed by atoms with van der Waals surface area (Å²) in [6.07, 6.45) is 1.70. The predicted octanol–water partition coefficient (Wildman–Crippen LogP) is 4.13. The van der Waals surface area contributed by atoms with Crippen LogP contribution in [0.2, 0.25) is 0 Å². The van der Waals surface area contributed by atoms with Gasteiger partial charge < -0.3 is 4.74 Å². The number of hydrogen-bond acceptors (Lipinski definition) is 6. The van der Waals surface area contributed by atoms with Crippen molar-refractivity contribution in [2.75, 3.05) is 0 Å². The summed E-state index contributed by atoms with van der Waals surface area (Å²) in [5, 5.41) is 0. The van der Waals surface area contributed by atoms with Crippen molar-refractivity contribution in [1.29, 1.82) is 0 Å². The maximum Gasteiger partial charge on any atom is 0.334 e. The minimum absolute atomic E-state index is 0.0765. The van der Waals surface area contributed by atoms with Crippen LogP contribution in [0.25, 0.3) is 6.08 Å². The smallest absolute Gasteiger partial charge is 0.334 e. The van der Waals surface area contributed by atoms with Crippen LogP contribution in [0.1, 0.15) is 60.3 Å². The third-order valence-electron chi connectivity index (χ3n) is 6.11. The molecule has 0 saturated heterocycles. The van der Waals surface area contributed by atoms with Crippen molar-refractivity contribution in [3.8, 4) is 5.75 Å². The molecule has 0 fully saturated rings. The summed E-state index contributed by atoms with van der Waals surface area (Å²) in [4.78, 5) is 64.5. The average molecular weight is 465 g/mol. The zero-order valence-corrected chi connectivity index (χ0v) is 18.7. The molecule has 0 unspecified atom stereocenters. The Morgan fingerprint density at radius 1 is 0.771 bits per heavy atom. The van der Waals surface area contributed by atoms with E-state index < -0.39 is 23.8 Å². The summed E-state index contributed by atoms with van der Waals surface area (Å²) in [6.45, 7) is 1.69. The number of imide groups is 1. The minimum Gasteiger partial charge on any atom is -0.425 e. The molecule has 2 aliphatic rings. The lowest BCUT2D eigenvalue weighted by Crippen LogP contribution is -2.46. The van der Waals surface area contributed by atoms with Gasteiger partial charge in [0.2, 0.25) is 0 Å². The van der Waals surface area contributed by atoms with Crippen LogP contribution in [-0.2, 0) is 4.79 Å². The Balaban J connectivity index is 1.32. The predicted molar refractivity (Wildman–Crippen MR) is 126 cm³/mol. The Labute approximate surface area is 200 Å². The van der Waals surface area contributed by atoms with E-state index in [4.69, 9.17) is 4.74 Å². The van der Waals surface area contributed by atoms with Gasteiger partial charge in [-0.05, 0) is 42.3 Å². The highest BCUT2D eigenvalue weighted by Crippen LogP contribution is 2.29. The fourth-order valence-corrected chi connectivity index (χ4v) is 4.33. The molecule has 7 heteroatoms. The molecule has 172 valence electrons. The van der Waals surface area contributed by atoms with Crippen LogP contribution >= 0.6 is 0 Å². The average Bonchev–Trinajstić information content (AvgIpc) is 3.27. The highest BCUT2D eigenvalue weighted by atomic mass is 16.5. The van der Waals surface area contributed by atoms with Gasteiger partial charge in [0.1, 0.15) is 11.8 Å². The third kappa shape index (κ3) is 3.67. The fourth-order valence-electron chi connectivity index (χ4n) is 4.33. The van der Waals surface area contributed by atoms with E-state index in [1.54, 1.807) is 67.6 Å². The molecular weight excluding hydrogens is 446 g/mol. The van der Waals surface area contributed by atoms with E-state index in [1.165, 1.54) is 18.2 Å². The third-order valence-corrected chi connectivity index (χ3v) is 6.11. The molecule has 0 spiro atoms. The minimum atomic E-state index is -1.07. The number of rotatable bonds is 5. The Morgan fingerprint density at radius 2 is 1.26 bits per heavy atom. The lowest BCUT2D eigenvalue weighted by molar-refractivity contribution is -0.138. The summed E-state index contributed by atoms with van der Waals surface area (Å²) in [7, 11) is 0. The van der Waals surface area contributed by atoms with Gasteiger partial charge in [0.25, 0.3) is 11.8 Å². The van der Waals surface area contributed by atoms with Gasteiger partial charge in [0.05, 0.1) is 16.7 Å². The van der Waals surface area contributed by atoms with Crippen molar-refractivity contribution >= 4 is 35.4 Å². The van der Waals surface area contributed by atoms with Gasteiger partial charge in [-0.25, -0.2) is 4.79 Å². The molecule has 1 aliphatic heterocycles. The molecule has 1 atom stereocenters. The van der Waals surface area contributed by atoms with Gasteiger partial charge in [0.15, 0.2) is 11.6 Å². The number of esters is 1. The van der Waals surface area contributed by atoms with E-state index in [2.05, 4.69) is 0 Å². The molecule has 0 radical (unpaired) electrons. The van der Waals surface area contributed by atoms with E-state index >= 15 is 0 Å². The van der Waals surface area contributed by atoms with Crippen molar-refractivity contribution in [3.63, 3.8) is 0 Å². The zero-order chi connectivity index (χ0) is 24.7. The molecule has 0 saturated carbocycles. The summed E-state index contributed by atoms with van der Waals surface area (Å²) in [5.74, 6) is -2.23. The molecule has 0 bridgehead atoms. The van der Waals surface area contributed by atoms with Gasteiger partial charge in [-0.2, -0.15) is 0 Å². The van der Waals surface area contributed by atoms with Crippen molar-refractivity contribution in [2.24, 2.45) is 0 Å². The lowest BCUT2D eigenvalue weighted by atomic mass is 10.1. The van der Waals surface area contributed by atoms with Crippen LogP contribution in [-0.4, -0.2) is 40.3 Å². The fraction of sp³-hybridized carbons (Fsp3) is 0.107. The molecule has 7 nitrogen and oxygen atoms in total. The van der Waals surface area contributed by atoms with Gasteiger partial charge in [0, 0.05) is 11.1 Å². The van der Waals surface area contributed by atoms with Crippen LogP contribution in [0.15, 0.2) is 78.4 Å². The first-order chi connectivity index (χ1) is 16.9. The number of amides is 2. The molecule has 5 rings (SSSR count). The molecule has 0 N–H and O–H groups in total. The van der Waals surface area contributed by atoms with E-state index in [9.17, 15) is 24.0 Å². The number of fused-ring (bicyclic) bond motifs is 2. The Hall–Kier alpha value is -4.65. The highest BCUT2D eigenvalue weighted by molar-refractivity contribution is 6.41. The summed E-state index contributed by atoms with van der Waals surface area (Å²) in [6, 6.07) is 18.3. The second-order valence-electron chi connectivity index (χ2n) is 8.20. The van der Waals surface area contributed by atoms with Gasteiger partial charge in [-0.1, -0.05) is 55.5 Å². The summed E-state index contributed by atoms with van der Waals surface area (Å²) >= 11 is 0. The maximum atomic E-state index is 12.9. The van der Waals surface area contributed by atoms with E-state index in [0.29, 0.717) is 16.7 Å². The van der Waals surface area contributed by atoms with Crippen molar-refractivity contribution in [1.82, 2.24) is 4.90 Å². The van der Waals surface area contributed by atoms with Crippen LogP contribution in [0.5, 0.6) is 5.75 Å². The molecule has 2 amide bonds. The van der Waals surface area contributed by atoms with Crippen molar-refractivity contribution in [3.05, 3.63) is 106 Å². The van der Waals surface area contributed by atoms with Crippen molar-refractivity contribution < 1.29 is 28.7 Å². The molecule has 35 heavy (non-hydrogen) atoms. The van der Waals surface area contributed by atoms with Gasteiger partial charge in [-0.15, -0.1) is 0 Å². The number of nitrogens with zero attached hydrogens (tertiary/aromatic N) is 1. The summed E-state index contributed by atoms with van der Waals surface area (Å²) in [5.41, 5.74) is 1.95. The number of carbonyl (C=O) groups excluding carboxylic acids is 5. The highest BCUT2D eigenvalue weighted by Gasteiger charge is 2.42. The number of carbonyl (C=O) groups is 5. The van der Waals surface area contributed by atoms with Crippen LogP contribution in [0, 0.1) is 0 Å². The number of ether oxygens (including phenoxy) is 1. The van der Waals surface area contributed by atoms with Crippen LogP contribution in [0.3, 0.4) is 0 Å². The molecule has 0 aromatic heterocycles. The standard InChI is InChI=1S/C28H19NO6/c1-2-23(29-26(32)20-9-5-6-10-21(20)27(29)33)28(34)35-17-13-11-16(12-14-17)15-22-24(30)18-7-3-4-8-19(18)25(22)31/h3-15,23H,2H2,1H3/t23-/m1/s1. The second kappa shape index (κ2) is 8.61. The number of benzene rings is 3. The quantitative estimate of drug-likeness (QED) is 0.185. The largest absolute Gasteiger partial charge is 0.425 e. The number of hydrogen-bond donors (Lipinski definition) is 0. The Bertz CT molecular complexity index is 1380. The first-order valence-electron chi connectivity index (χ1n) is 11.1. The molecule has 1 aliphatic carbocycles. The zero-order valence-electron chi connectivity index (χ0n) is 18.7. The SMILES string of the molecule is CC[C@H](C(=O)Oc1ccc(C=C2C(=O)c3ccccc3C2=O)cc1)N1C(=O)c2ccccc2C1=O. The lowest BCUT2D eigenvalue weighted by Gasteiger charge is -2.23. The van der Waals surface area contributed by atoms with Gasteiger partial charge in [-0.3, -0.25) is 24.1 Å². The first-order valence-corrected chi connectivity index (χ1v) is 11.1.